The Bertz CT molecular complexity index is 364. The summed E-state index contributed by atoms with van der Waals surface area (Å²) in [5, 5.41) is 0. The van der Waals surface area contributed by atoms with Crippen LogP contribution in [-0.4, -0.2) is 14.9 Å². The van der Waals surface area contributed by atoms with E-state index in [1.165, 1.54) is 30.0 Å². The van der Waals surface area contributed by atoms with Gasteiger partial charge in [-0.15, -0.1) is 0 Å². The normalized spacial score (nSPS) is 26.8. The molecule has 1 unspecified atom stereocenters. The zero-order valence-corrected chi connectivity index (χ0v) is 11.2. The highest BCUT2D eigenvalue weighted by molar-refractivity contribution is 6.78. The van der Waals surface area contributed by atoms with Crippen LogP contribution in [0.3, 0.4) is 0 Å². The van der Waals surface area contributed by atoms with Crippen LogP contribution in [0.15, 0.2) is 36.0 Å². The Kier molecular flexibility index (Phi) is 3.61. The third kappa shape index (κ3) is 2.83. The first-order valence-corrected chi connectivity index (χ1v) is 8.78. The predicted molar refractivity (Wildman–Crippen MR) is 71.7 cm³/mol. The molecule has 86 valence electrons. The minimum Gasteiger partial charge on any atom is -0.413 e. The minimum absolute atomic E-state index is 0.960. The van der Waals surface area contributed by atoms with Crippen LogP contribution in [0.4, 0.5) is 0 Å². The molecule has 1 atom stereocenters. The van der Waals surface area contributed by atoms with E-state index in [0.717, 1.165) is 6.61 Å². The van der Waals surface area contributed by atoms with E-state index >= 15 is 0 Å². The SMILES string of the molecule is CC(=C[Si]1(C)CCCCO1)c1ccccc1. The standard InChI is InChI=1S/C14H20OSi/c1-13(14-8-4-3-5-9-14)12-16(2)11-7-6-10-15-16/h3-5,8-9,12H,6-7,10-11H2,1-2H3. The largest absolute Gasteiger partial charge is 0.413 e. The summed E-state index contributed by atoms with van der Waals surface area (Å²) in [6.07, 6.45) is 2.57. The zero-order valence-electron chi connectivity index (χ0n) is 10.2. The van der Waals surface area contributed by atoms with E-state index in [1.54, 1.807) is 0 Å². The Labute approximate surface area is 99.3 Å². The summed E-state index contributed by atoms with van der Waals surface area (Å²) >= 11 is 0. The summed E-state index contributed by atoms with van der Waals surface area (Å²) in [5.74, 6) is 0. The van der Waals surface area contributed by atoms with Crippen molar-refractivity contribution >= 4 is 13.9 Å². The van der Waals surface area contributed by atoms with Gasteiger partial charge >= 0.3 is 0 Å². The lowest BCUT2D eigenvalue weighted by Gasteiger charge is -2.29. The molecule has 2 rings (SSSR count). The first-order chi connectivity index (χ1) is 7.70. The van der Waals surface area contributed by atoms with E-state index in [-0.39, 0.29) is 0 Å². The second kappa shape index (κ2) is 4.98. The number of hydrogen-bond acceptors (Lipinski definition) is 1. The van der Waals surface area contributed by atoms with E-state index in [0.29, 0.717) is 0 Å². The molecule has 1 heterocycles. The third-order valence-corrected chi connectivity index (χ3v) is 6.50. The average Bonchev–Trinajstić information content (AvgIpc) is 2.30. The highest BCUT2D eigenvalue weighted by atomic mass is 28.4. The number of rotatable bonds is 2. The van der Waals surface area contributed by atoms with Crippen molar-refractivity contribution in [2.45, 2.75) is 32.4 Å². The van der Waals surface area contributed by atoms with Crippen LogP contribution in [0.1, 0.15) is 25.3 Å². The second-order valence-electron chi connectivity index (χ2n) is 4.81. The molecule has 1 aromatic rings. The summed E-state index contributed by atoms with van der Waals surface area (Å²) in [7, 11) is -1.54. The van der Waals surface area contributed by atoms with E-state index in [9.17, 15) is 0 Å². The molecule has 0 radical (unpaired) electrons. The van der Waals surface area contributed by atoms with Crippen molar-refractivity contribution in [3.63, 3.8) is 0 Å². The highest BCUT2D eigenvalue weighted by Crippen LogP contribution is 2.26. The van der Waals surface area contributed by atoms with Gasteiger partial charge in [-0.2, -0.15) is 0 Å². The lowest BCUT2D eigenvalue weighted by Crippen LogP contribution is -2.36. The van der Waals surface area contributed by atoms with Crippen LogP contribution in [0.2, 0.25) is 12.6 Å². The average molecular weight is 232 g/mol. The molecule has 0 saturated carbocycles. The predicted octanol–water partition coefficient (Wildman–Crippen LogP) is 4.01. The fraction of sp³-hybridized carbons (Fsp3) is 0.429. The minimum atomic E-state index is -1.54. The van der Waals surface area contributed by atoms with Gasteiger partial charge in [0.25, 0.3) is 0 Å². The van der Waals surface area contributed by atoms with Gasteiger partial charge in [-0.25, -0.2) is 0 Å². The molecule has 1 aromatic carbocycles. The number of benzene rings is 1. The summed E-state index contributed by atoms with van der Waals surface area (Å²) in [6.45, 7) is 5.49. The maximum Gasteiger partial charge on any atom is 0.214 e. The molecular weight excluding hydrogens is 212 g/mol. The maximum atomic E-state index is 6.02. The quantitative estimate of drug-likeness (QED) is 0.700. The molecule has 1 aliphatic rings. The molecule has 1 aliphatic heterocycles. The Morgan fingerprint density at radius 2 is 2.00 bits per heavy atom. The second-order valence-corrected chi connectivity index (χ2v) is 8.51. The van der Waals surface area contributed by atoms with Crippen LogP contribution in [0, 0.1) is 0 Å². The lowest BCUT2D eigenvalue weighted by molar-refractivity contribution is 0.278. The van der Waals surface area contributed by atoms with Gasteiger partial charge in [0.1, 0.15) is 0 Å². The third-order valence-electron chi connectivity index (χ3n) is 3.25. The van der Waals surface area contributed by atoms with Gasteiger partial charge in [-0.3, -0.25) is 0 Å². The first-order valence-electron chi connectivity index (χ1n) is 6.08. The van der Waals surface area contributed by atoms with Gasteiger partial charge in [0.05, 0.1) is 0 Å². The molecule has 0 bridgehead atoms. The number of hydrogen-bond donors (Lipinski definition) is 0. The van der Waals surface area contributed by atoms with E-state index in [4.69, 9.17) is 4.43 Å². The Hall–Kier alpha value is -0.863. The first kappa shape index (κ1) is 11.6. The Morgan fingerprint density at radius 3 is 2.62 bits per heavy atom. The highest BCUT2D eigenvalue weighted by Gasteiger charge is 2.29. The van der Waals surface area contributed by atoms with Gasteiger partial charge in [-0.1, -0.05) is 42.5 Å². The molecule has 1 nitrogen and oxygen atoms in total. The van der Waals surface area contributed by atoms with E-state index in [2.05, 4.69) is 49.5 Å². The van der Waals surface area contributed by atoms with Crippen molar-refractivity contribution in [2.24, 2.45) is 0 Å². The van der Waals surface area contributed by atoms with Gasteiger partial charge in [-0.05, 0) is 37.1 Å². The van der Waals surface area contributed by atoms with E-state index in [1.807, 2.05) is 0 Å². The smallest absolute Gasteiger partial charge is 0.214 e. The lowest BCUT2D eigenvalue weighted by atomic mass is 10.1. The topological polar surface area (TPSA) is 9.23 Å². The molecule has 2 heteroatoms. The van der Waals surface area contributed by atoms with Crippen molar-refractivity contribution in [2.75, 3.05) is 6.61 Å². The van der Waals surface area contributed by atoms with Crippen LogP contribution in [0.5, 0.6) is 0 Å². The molecule has 0 amide bonds. The molecule has 0 aliphatic carbocycles. The molecule has 0 aromatic heterocycles. The summed E-state index contributed by atoms with van der Waals surface area (Å²) < 4.78 is 6.02. The van der Waals surface area contributed by atoms with Gasteiger partial charge < -0.3 is 4.43 Å². The molecular formula is C14H20OSi. The fourth-order valence-corrected chi connectivity index (χ4v) is 5.33. The molecule has 0 N–H and O–H groups in total. The number of allylic oxidation sites excluding steroid dienone is 1. The van der Waals surface area contributed by atoms with Crippen molar-refractivity contribution in [1.82, 2.24) is 0 Å². The molecule has 0 spiro atoms. The fourth-order valence-electron chi connectivity index (χ4n) is 2.31. The van der Waals surface area contributed by atoms with Crippen LogP contribution >= 0.6 is 0 Å². The monoisotopic (exact) mass is 232 g/mol. The van der Waals surface area contributed by atoms with Crippen LogP contribution < -0.4 is 0 Å². The van der Waals surface area contributed by atoms with Gasteiger partial charge in [0.15, 0.2) is 0 Å². The van der Waals surface area contributed by atoms with Crippen molar-refractivity contribution in [3.05, 3.63) is 41.6 Å². The van der Waals surface area contributed by atoms with Gasteiger partial charge in [0, 0.05) is 6.61 Å². The van der Waals surface area contributed by atoms with Crippen molar-refractivity contribution in [3.8, 4) is 0 Å². The summed E-state index contributed by atoms with van der Waals surface area (Å²) in [4.78, 5) is 0. The summed E-state index contributed by atoms with van der Waals surface area (Å²) in [6, 6.07) is 11.9. The van der Waals surface area contributed by atoms with Crippen LogP contribution in [-0.2, 0) is 4.43 Å². The maximum absolute atomic E-state index is 6.02. The zero-order chi connectivity index (χ0) is 11.4. The van der Waals surface area contributed by atoms with Crippen LogP contribution in [0.25, 0.3) is 5.57 Å². The molecule has 1 fully saturated rings. The Balaban J connectivity index is 2.17. The molecule has 16 heavy (non-hydrogen) atoms. The summed E-state index contributed by atoms with van der Waals surface area (Å²) in [5.41, 5.74) is 5.11. The van der Waals surface area contributed by atoms with Crippen molar-refractivity contribution in [1.29, 1.82) is 0 Å². The Morgan fingerprint density at radius 1 is 1.25 bits per heavy atom. The van der Waals surface area contributed by atoms with Crippen molar-refractivity contribution < 1.29 is 4.43 Å². The molecule has 1 saturated heterocycles. The van der Waals surface area contributed by atoms with Gasteiger partial charge in [0.2, 0.25) is 8.32 Å². The van der Waals surface area contributed by atoms with E-state index < -0.39 is 8.32 Å².